The van der Waals surface area contributed by atoms with Crippen LogP contribution in [0.3, 0.4) is 0 Å². The van der Waals surface area contributed by atoms with Crippen molar-refractivity contribution >= 4 is 22.4 Å². The van der Waals surface area contributed by atoms with Gasteiger partial charge >= 0.3 is 0 Å². The standard InChI is InChI=1S/C20H27N5OS/c1-15(2)18-22-23-19(27-18)24-11-8-20(9-12-24)7-6-17(26)25(14-20)13-16-5-3-4-10-21-16/h3-5,10,15H,6-9,11-14H2,1-2H3. The van der Waals surface area contributed by atoms with Crippen molar-refractivity contribution in [3.8, 4) is 0 Å². The molecular formula is C20H27N5OS. The van der Waals surface area contributed by atoms with Gasteiger partial charge in [-0.2, -0.15) is 0 Å². The van der Waals surface area contributed by atoms with E-state index < -0.39 is 0 Å². The molecule has 1 amide bonds. The lowest BCUT2D eigenvalue weighted by atomic mass is 9.72. The maximum Gasteiger partial charge on any atom is 0.222 e. The van der Waals surface area contributed by atoms with Crippen LogP contribution in [-0.4, -0.2) is 45.6 Å². The van der Waals surface area contributed by atoms with E-state index in [1.165, 1.54) is 0 Å². The Morgan fingerprint density at radius 3 is 2.67 bits per heavy atom. The minimum atomic E-state index is 0.241. The second-order valence-corrected chi connectivity index (χ2v) is 9.12. The molecule has 0 aliphatic carbocycles. The molecule has 0 saturated carbocycles. The summed E-state index contributed by atoms with van der Waals surface area (Å²) >= 11 is 1.72. The van der Waals surface area contributed by atoms with Crippen LogP contribution in [0.15, 0.2) is 24.4 Å². The first-order valence-electron chi connectivity index (χ1n) is 9.81. The molecule has 144 valence electrons. The molecule has 4 rings (SSSR count). The average Bonchev–Trinajstić information content (AvgIpc) is 3.17. The summed E-state index contributed by atoms with van der Waals surface area (Å²) in [7, 11) is 0. The number of carbonyl (C=O) groups is 1. The van der Waals surface area contributed by atoms with Crippen molar-refractivity contribution in [2.24, 2.45) is 5.41 Å². The summed E-state index contributed by atoms with van der Waals surface area (Å²) < 4.78 is 0. The van der Waals surface area contributed by atoms with E-state index in [4.69, 9.17) is 0 Å². The third-order valence-electron chi connectivity index (χ3n) is 5.85. The van der Waals surface area contributed by atoms with E-state index >= 15 is 0 Å². The molecule has 2 aliphatic heterocycles. The first-order valence-corrected chi connectivity index (χ1v) is 10.6. The van der Waals surface area contributed by atoms with Crippen LogP contribution < -0.4 is 4.90 Å². The molecule has 0 unspecified atom stereocenters. The van der Waals surface area contributed by atoms with Crippen molar-refractivity contribution in [3.63, 3.8) is 0 Å². The summed E-state index contributed by atoms with van der Waals surface area (Å²) in [5.41, 5.74) is 1.21. The van der Waals surface area contributed by atoms with Crippen LogP contribution in [0.4, 0.5) is 5.13 Å². The van der Waals surface area contributed by atoms with Gasteiger partial charge < -0.3 is 9.80 Å². The smallest absolute Gasteiger partial charge is 0.222 e. The second-order valence-electron chi connectivity index (χ2n) is 8.14. The molecule has 2 saturated heterocycles. The first kappa shape index (κ1) is 18.3. The highest BCUT2D eigenvalue weighted by atomic mass is 32.1. The summed E-state index contributed by atoms with van der Waals surface area (Å²) in [6, 6.07) is 5.90. The molecule has 27 heavy (non-hydrogen) atoms. The van der Waals surface area contributed by atoms with Gasteiger partial charge in [-0.3, -0.25) is 9.78 Å². The van der Waals surface area contributed by atoms with Crippen LogP contribution in [0.5, 0.6) is 0 Å². The molecule has 2 aromatic rings. The van der Waals surface area contributed by atoms with E-state index in [1.54, 1.807) is 17.5 Å². The van der Waals surface area contributed by atoms with Crippen LogP contribution in [0, 0.1) is 5.41 Å². The summed E-state index contributed by atoms with van der Waals surface area (Å²) in [5, 5.41) is 10.9. The Kier molecular flexibility index (Phi) is 5.12. The number of likely N-dealkylation sites (tertiary alicyclic amines) is 1. The average molecular weight is 386 g/mol. The van der Waals surface area contributed by atoms with Crippen LogP contribution in [-0.2, 0) is 11.3 Å². The maximum atomic E-state index is 12.4. The molecule has 0 atom stereocenters. The Morgan fingerprint density at radius 2 is 2.00 bits per heavy atom. The highest BCUT2D eigenvalue weighted by Gasteiger charge is 2.41. The summed E-state index contributed by atoms with van der Waals surface area (Å²) in [6.07, 6.45) is 5.67. The van der Waals surface area contributed by atoms with Crippen molar-refractivity contribution in [2.75, 3.05) is 24.5 Å². The highest BCUT2D eigenvalue weighted by molar-refractivity contribution is 7.15. The van der Waals surface area contributed by atoms with Crippen molar-refractivity contribution in [1.82, 2.24) is 20.1 Å². The number of carbonyl (C=O) groups excluding carboxylic acids is 1. The number of piperidine rings is 2. The minimum absolute atomic E-state index is 0.241. The predicted molar refractivity (Wildman–Crippen MR) is 107 cm³/mol. The predicted octanol–water partition coefficient (Wildman–Crippen LogP) is 3.47. The van der Waals surface area contributed by atoms with E-state index in [9.17, 15) is 4.79 Å². The monoisotopic (exact) mass is 385 g/mol. The van der Waals surface area contributed by atoms with Crippen LogP contribution >= 0.6 is 11.3 Å². The highest BCUT2D eigenvalue weighted by Crippen LogP contribution is 2.42. The Balaban J connectivity index is 1.40. The molecule has 6 nitrogen and oxygen atoms in total. The number of anilines is 1. The van der Waals surface area contributed by atoms with Gasteiger partial charge in [-0.25, -0.2) is 0 Å². The van der Waals surface area contributed by atoms with Crippen LogP contribution in [0.2, 0.25) is 0 Å². The second kappa shape index (κ2) is 7.54. The Morgan fingerprint density at radius 1 is 1.19 bits per heavy atom. The minimum Gasteiger partial charge on any atom is -0.347 e. The van der Waals surface area contributed by atoms with E-state index in [0.29, 0.717) is 18.9 Å². The number of nitrogens with zero attached hydrogens (tertiary/aromatic N) is 5. The SMILES string of the molecule is CC(C)c1nnc(N2CCC3(CCC(=O)N(Cc4ccccn4)C3)CC2)s1. The number of rotatable bonds is 4. The Labute approximate surface area is 164 Å². The van der Waals surface area contributed by atoms with Crippen molar-refractivity contribution in [1.29, 1.82) is 0 Å². The molecule has 2 aromatic heterocycles. The number of aromatic nitrogens is 3. The van der Waals surface area contributed by atoms with Crippen LogP contribution in [0.25, 0.3) is 0 Å². The lowest BCUT2D eigenvalue weighted by Crippen LogP contribution is -2.51. The molecule has 4 heterocycles. The molecular weight excluding hydrogens is 358 g/mol. The zero-order valence-electron chi connectivity index (χ0n) is 16.1. The van der Waals surface area contributed by atoms with Gasteiger partial charge in [0.15, 0.2) is 0 Å². The lowest BCUT2D eigenvalue weighted by molar-refractivity contribution is -0.139. The lowest BCUT2D eigenvalue weighted by Gasteiger charge is -2.47. The fourth-order valence-electron chi connectivity index (χ4n) is 4.10. The zero-order chi connectivity index (χ0) is 18.9. The van der Waals surface area contributed by atoms with E-state index in [0.717, 1.165) is 54.7 Å². The summed E-state index contributed by atoms with van der Waals surface area (Å²) in [5.74, 6) is 0.691. The maximum absolute atomic E-state index is 12.4. The number of amides is 1. The van der Waals surface area contributed by atoms with Gasteiger partial charge in [0.2, 0.25) is 11.0 Å². The van der Waals surface area contributed by atoms with Gasteiger partial charge in [-0.15, -0.1) is 10.2 Å². The molecule has 0 radical (unpaired) electrons. The topological polar surface area (TPSA) is 62.2 Å². The van der Waals surface area contributed by atoms with Gasteiger partial charge in [0.25, 0.3) is 0 Å². The fraction of sp³-hybridized carbons (Fsp3) is 0.600. The van der Waals surface area contributed by atoms with Gasteiger partial charge in [0, 0.05) is 38.2 Å². The third-order valence-corrected chi connectivity index (χ3v) is 7.13. The first-order chi connectivity index (χ1) is 13.0. The van der Waals surface area contributed by atoms with Gasteiger partial charge in [-0.1, -0.05) is 31.3 Å². The zero-order valence-corrected chi connectivity index (χ0v) is 16.9. The number of hydrogen-bond donors (Lipinski definition) is 0. The van der Waals surface area contributed by atoms with E-state index in [2.05, 4.69) is 33.9 Å². The molecule has 2 aliphatic rings. The summed E-state index contributed by atoms with van der Waals surface area (Å²) in [4.78, 5) is 21.2. The molecule has 0 bridgehead atoms. The van der Waals surface area contributed by atoms with Gasteiger partial charge in [0.05, 0.1) is 12.2 Å². The molecule has 0 N–H and O–H groups in total. The molecule has 2 fully saturated rings. The number of hydrogen-bond acceptors (Lipinski definition) is 6. The Hall–Kier alpha value is -2.02. The van der Waals surface area contributed by atoms with Crippen molar-refractivity contribution < 1.29 is 4.79 Å². The summed E-state index contributed by atoms with van der Waals surface area (Å²) in [6.45, 7) is 7.79. The van der Waals surface area contributed by atoms with Gasteiger partial charge in [0.1, 0.15) is 5.01 Å². The normalized spacial score (nSPS) is 19.9. The largest absolute Gasteiger partial charge is 0.347 e. The van der Waals surface area contributed by atoms with Gasteiger partial charge in [-0.05, 0) is 36.8 Å². The fourth-order valence-corrected chi connectivity index (χ4v) is 5.00. The van der Waals surface area contributed by atoms with E-state index in [1.807, 2.05) is 23.1 Å². The van der Waals surface area contributed by atoms with E-state index in [-0.39, 0.29) is 11.3 Å². The third kappa shape index (κ3) is 3.98. The van der Waals surface area contributed by atoms with Crippen LogP contribution in [0.1, 0.15) is 56.2 Å². The molecule has 1 spiro atoms. The Bertz CT molecular complexity index is 783. The molecule has 7 heteroatoms. The quantitative estimate of drug-likeness (QED) is 0.806. The number of pyridine rings is 1. The molecule has 0 aromatic carbocycles. The van der Waals surface area contributed by atoms with Crippen molar-refractivity contribution in [2.45, 2.75) is 52.0 Å². The van der Waals surface area contributed by atoms with Crippen molar-refractivity contribution in [3.05, 3.63) is 35.1 Å².